The molecule has 1 heterocycles. The van der Waals surface area contributed by atoms with Crippen LogP contribution in [0.4, 0.5) is 0 Å². The van der Waals surface area contributed by atoms with Crippen molar-refractivity contribution >= 4 is 5.91 Å². The molecular formula is C10H20N2O. The molecule has 1 fully saturated rings. The maximum absolute atomic E-state index is 11.6. The molecule has 2 atom stereocenters. The third kappa shape index (κ3) is 2.44. The molecule has 1 aliphatic heterocycles. The van der Waals surface area contributed by atoms with Gasteiger partial charge in [-0.25, -0.2) is 0 Å². The van der Waals surface area contributed by atoms with E-state index in [1.165, 1.54) is 0 Å². The molecule has 0 spiro atoms. The lowest BCUT2D eigenvalue weighted by Gasteiger charge is -2.19. The van der Waals surface area contributed by atoms with Gasteiger partial charge in [-0.2, -0.15) is 0 Å². The number of rotatable bonds is 2. The van der Waals surface area contributed by atoms with E-state index >= 15 is 0 Å². The quantitative estimate of drug-likeness (QED) is 0.691. The molecule has 3 nitrogen and oxygen atoms in total. The number of carbonyl (C=O) groups excluding carboxylic acids is 1. The second kappa shape index (κ2) is 4.09. The predicted octanol–water partition coefficient (Wildman–Crippen LogP) is 0.838. The zero-order valence-electron chi connectivity index (χ0n) is 8.79. The molecule has 0 bridgehead atoms. The van der Waals surface area contributed by atoms with Crippen LogP contribution < -0.4 is 5.73 Å². The Balaban J connectivity index is 2.45. The van der Waals surface area contributed by atoms with Gasteiger partial charge < -0.3 is 10.6 Å². The molecule has 2 N–H and O–H groups in total. The van der Waals surface area contributed by atoms with Gasteiger partial charge in [0.25, 0.3) is 0 Å². The minimum atomic E-state index is 0.117. The van der Waals surface area contributed by atoms with E-state index < -0.39 is 0 Å². The van der Waals surface area contributed by atoms with Gasteiger partial charge in [-0.05, 0) is 19.3 Å². The molecule has 0 radical (unpaired) electrons. The molecule has 0 aromatic heterocycles. The van der Waals surface area contributed by atoms with Crippen molar-refractivity contribution in [3.8, 4) is 0 Å². The third-order valence-corrected chi connectivity index (χ3v) is 2.77. The molecule has 0 aliphatic carbocycles. The number of amides is 1. The first-order chi connectivity index (χ1) is 6.02. The molecule has 2 unspecified atom stereocenters. The summed E-state index contributed by atoms with van der Waals surface area (Å²) in [6.07, 6.45) is 1.07. The van der Waals surface area contributed by atoms with Crippen molar-refractivity contribution in [2.45, 2.75) is 33.2 Å². The SMILES string of the molecule is CC(C)C(=O)N1CCC(C(C)N)C1. The molecule has 13 heavy (non-hydrogen) atoms. The Kier molecular flexibility index (Phi) is 3.31. The standard InChI is InChI=1S/C10H20N2O/c1-7(2)10(13)12-5-4-9(6-12)8(3)11/h7-9H,4-6,11H2,1-3H3. The summed E-state index contributed by atoms with van der Waals surface area (Å²) in [5.41, 5.74) is 5.80. The lowest BCUT2D eigenvalue weighted by atomic mass is 10.0. The molecular weight excluding hydrogens is 164 g/mol. The van der Waals surface area contributed by atoms with Crippen molar-refractivity contribution in [2.75, 3.05) is 13.1 Å². The van der Waals surface area contributed by atoms with Crippen LogP contribution in [0.5, 0.6) is 0 Å². The maximum Gasteiger partial charge on any atom is 0.225 e. The van der Waals surface area contributed by atoms with Gasteiger partial charge in [0.1, 0.15) is 0 Å². The molecule has 0 aromatic rings. The fourth-order valence-electron chi connectivity index (χ4n) is 1.78. The van der Waals surface area contributed by atoms with E-state index in [0.29, 0.717) is 5.92 Å². The third-order valence-electron chi connectivity index (χ3n) is 2.77. The predicted molar refractivity (Wildman–Crippen MR) is 53.2 cm³/mol. The number of carbonyl (C=O) groups is 1. The average Bonchev–Trinajstić information content (AvgIpc) is 2.50. The van der Waals surface area contributed by atoms with Gasteiger partial charge in [0.15, 0.2) is 0 Å². The van der Waals surface area contributed by atoms with Crippen LogP contribution in [-0.4, -0.2) is 29.9 Å². The van der Waals surface area contributed by atoms with E-state index in [2.05, 4.69) is 0 Å². The zero-order valence-corrected chi connectivity index (χ0v) is 8.79. The first-order valence-electron chi connectivity index (χ1n) is 5.06. The molecule has 1 amide bonds. The van der Waals surface area contributed by atoms with Crippen LogP contribution in [0.15, 0.2) is 0 Å². The van der Waals surface area contributed by atoms with Crippen molar-refractivity contribution in [3.63, 3.8) is 0 Å². The topological polar surface area (TPSA) is 46.3 Å². The summed E-state index contributed by atoms with van der Waals surface area (Å²) in [5, 5.41) is 0. The summed E-state index contributed by atoms with van der Waals surface area (Å²) in [4.78, 5) is 13.5. The smallest absolute Gasteiger partial charge is 0.225 e. The fourth-order valence-corrected chi connectivity index (χ4v) is 1.78. The lowest BCUT2D eigenvalue weighted by molar-refractivity contribution is -0.133. The van der Waals surface area contributed by atoms with Crippen LogP contribution in [0.25, 0.3) is 0 Å². The molecule has 0 saturated carbocycles. The van der Waals surface area contributed by atoms with Crippen LogP contribution in [0.2, 0.25) is 0 Å². The summed E-state index contributed by atoms with van der Waals surface area (Å²) in [6, 6.07) is 0.213. The first kappa shape index (κ1) is 10.5. The summed E-state index contributed by atoms with van der Waals surface area (Å²) in [7, 11) is 0. The fraction of sp³-hybridized carbons (Fsp3) is 0.900. The van der Waals surface area contributed by atoms with Crippen LogP contribution in [0, 0.1) is 11.8 Å². The highest BCUT2D eigenvalue weighted by molar-refractivity contribution is 5.78. The first-order valence-corrected chi connectivity index (χ1v) is 5.06. The van der Waals surface area contributed by atoms with E-state index in [4.69, 9.17) is 5.73 Å². The van der Waals surface area contributed by atoms with Crippen molar-refractivity contribution in [1.82, 2.24) is 4.90 Å². The summed E-state index contributed by atoms with van der Waals surface area (Å²) in [6.45, 7) is 7.66. The van der Waals surface area contributed by atoms with Crippen LogP contribution >= 0.6 is 0 Å². The number of nitrogens with two attached hydrogens (primary N) is 1. The lowest BCUT2D eigenvalue weighted by Crippen LogP contribution is -2.35. The Morgan fingerprint density at radius 1 is 1.46 bits per heavy atom. The van der Waals surface area contributed by atoms with Crippen LogP contribution in [-0.2, 0) is 4.79 Å². The van der Waals surface area contributed by atoms with Crippen molar-refractivity contribution in [3.05, 3.63) is 0 Å². The van der Waals surface area contributed by atoms with Gasteiger partial charge in [0.2, 0.25) is 5.91 Å². The summed E-state index contributed by atoms with van der Waals surface area (Å²) >= 11 is 0. The Hall–Kier alpha value is -0.570. The van der Waals surface area contributed by atoms with Gasteiger partial charge in [-0.3, -0.25) is 4.79 Å². The highest BCUT2D eigenvalue weighted by Crippen LogP contribution is 2.20. The zero-order chi connectivity index (χ0) is 10.0. The van der Waals surface area contributed by atoms with Gasteiger partial charge in [0, 0.05) is 25.0 Å². The molecule has 1 aliphatic rings. The molecule has 76 valence electrons. The highest BCUT2D eigenvalue weighted by atomic mass is 16.2. The van der Waals surface area contributed by atoms with Gasteiger partial charge in [-0.15, -0.1) is 0 Å². The molecule has 0 aromatic carbocycles. The van der Waals surface area contributed by atoms with E-state index in [9.17, 15) is 4.79 Å². The second-order valence-electron chi connectivity index (χ2n) is 4.35. The Labute approximate surface area is 80.3 Å². The van der Waals surface area contributed by atoms with E-state index in [0.717, 1.165) is 19.5 Å². The van der Waals surface area contributed by atoms with Crippen LogP contribution in [0.1, 0.15) is 27.2 Å². The Bertz CT molecular complexity index is 189. The van der Waals surface area contributed by atoms with Gasteiger partial charge in [0.05, 0.1) is 0 Å². The van der Waals surface area contributed by atoms with E-state index in [1.807, 2.05) is 25.7 Å². The largest absolute Gasteiger partial charge is 0.342 e. The highest BCUT2D eigenvalue weighted by Gasteiger charge is 2.29. The molecule has 1 rings (SSSR count). The van der Waals surface area contributed by atoms with Crippen molar-refractivity contribution in [1.29, 1.82) is 0 Å². The monoisotopic (exact) mass is 184 g/mol. The van der Waals surface area contributed by atoms with E-state index in [1.54, 1.807) is 0 Å². The number of hydrogen-bond donors (Lipinski definition) is 1. The summed E-state index contributed by atoms with van der Waals surface area (Å²) < 4.78 is 0. The maximum atomic E-state index is 11.6. The molecule has 1 saturated heterocycles. The minimum Gasteiger partial charge on any atom is -0.342 e. The van der Waals surface area contributed by atoms with Gasteiger partial charge in [-0.1, -0.05) is 13.8 Å². The Morgan fingerprint density at radius 2 is 2.08 bits per heavy atom. The number of nitrogens with zero attached hydrogens (tertiary/aromatic N) is 1. The molecule has 3 heteroatoms. The Morgan fingerprint density at radius 3 is 2.46 bits per heavy atom. The normalized spacial score (nSPS) is 25.3. The van der Waals surface area contributed by atoms with E-state index in [-0.39, 0.29) is 17.9 Å². The summed E-state index contributed by atoms with van der Waals surface area (Å²) in [5.74, 6) is 0.887. The van der Waals surface area contributed by atoms with Crippen molar-refractivity contribution in [2.24, 2.45) is 17.6 Å². The number of likely N-dealkylation sites (tertiary alicyclic amines) is 1. The second-order valence-corrected chi connectivity index (χ2v) is 4.35. The average molecular weight is 184 g/mol. The van der Waals surface area contributed by atoms with Gasteiger partial charge >= 0.3 is 0 Å². The number of hydrogen-bond acceptors (Lipinski definition) is 2. The minimum absolute atomic E-state index is 0.117. The van der Waals surface area contributed by atoms with Crippen molar-refractivity contribution < 1.29 is 4.79 Å². The van der Waals surface area contributed by atoms with Crippen LogP contribution in [0.3, 0.4) is 0 Å².